The molecule has 2 unspecified atom stereocenters. The Morgan fingerprint density at radius 2 is 0.735 bits per heavy atom. The molecule has 0 aliphatic heterocycles. The smallest absolute Gasteiger partial charge is 0.131 e. The Bertz CT molecular complexity index is 6530. The molecule has 18 rings (SSSR count). The predicted molar refractivity (Wildman–Crippen MR) is 472 cm³/mol. The van der Waals surface area contributed by atoms with Crippen molar-refractivity contribution < 1.29 is 44.8 Å². The first-order valence-electron chi connectivity index (χ1n) is 39.1. The van der Waals surface area contributed by atoms with E-state index < -0.39 is 5.60 Å². The minimum atomic E-state index is -1.24. The molecule has 6 N–H and O–H groups in total. The normalized spacial score (nSPS) is 11.9. The van der Waals surface area contributed by atoms with Crippen LogP contribution in [-0.2, 0) is 58.1 Å². The first-order chi connectivity index (χ1) is 57.1. The highest BCUT2D eigenvalue weighted by atomic mass is 16.5. The summed E-state index contributed by atoms with van der Waals surface area (Å²) in [7, 11) is 3.34. The Hall–Kier alpha value is -13.2. The van der Waals surface area contributed by atoms with Crippen molar-refractivity contribution in [1.29, 1.82) is 0 Å². The number of rotatable bonds is 18. The summed E-state index contributed by atoms with van der Waals surface area (Å²) in [5.74, 6) is 2.65. The highest BCUT2D eigenvalue weighted by Gasteiger charge is 2.31. The second kappa shape index (κ2) is 37.4. The molecular weight excluding hydrogens is 1450 g/mol. The number of nitrogens with zero attached hydrogens (tertiary/aromatic N) is 5. The maximum Gasteiger partial charge on any atom is 0.131 e. The monoisotopic (exact) mass is 1540 g/mol. The molecule has 0 aliphatic carbocycles. The predicted octanol–water partition coefficient (Wildman–Crippen LogP) is 20.9. The molecule has 5 aromatic heterocycles. The summed E-state index contributed by atoms with van der Waals surface area (Å²) in [4.78, 5) is 22.7. The van der Waals surface area contributed by atoms with Crippen LogP contribution in [0, 0.1) is 13.8 Å². The van der Waals surface area contributed by atoms with Gasteiger partial charge in [-0.15, -0.1) is 0 Å². The zero-order valence-electron chi connectivity index (χ0n) is 66.4. The molecule has 0 amide bonds. The van der Waals surface area contributed by atoms with Crippen LogP contribution in [0.2, 0.25) is 0 Å². The van der Waals surface area contributed by atoms with Gasteiger partial charge in [0, 0.05) is 82.7 Å². The molecule has 0 bridgehead atoms. The van der Waals surface area contributed by atoms with E-state index in [0.717, 1.165) is 162 Å². The number of methoxy groups -OCH3 is 2. The second-order valence-electron chi connectivity index (χ2n) is 29.3. The van der Waals surface area contributed by atoms with Crippen LogP contribution in [0.25, 0.3) is 86.2 Å². The van der Waals surface area contributed by atoms with Crippen molar-refractivity contribution in [3.63, 3.8) is 0 Å². The van der Waals surface area contributed by atoms with E-state index in [0.29, 0.717) is 12.3 Å². The number of hydrogen-bond donors (Lipinski definition) is 6. The fourth-order valence-electron chi connectivity index (χ4n) is 15.4. The number of aromatic nitrogens is 5. The van der Waals surface area contributed by atoms with Crippen molar-refractivity contribution >= 4 is 86.2 Å². The van der Waals surface area contributed by atoms with Gasteiger partial charge >= 0.3 is 0 Å². The fourth-order valence-corrected chi connectivity index (χ4v) is 15.4. The first-order valence-corrected chi connectivity index (χ1v) is 39.1. The van der Waals surface area contributed by atoms with Gasteiger partial charge in [-0.05, 0) is 214 Å². The summed E-state index contributed by atoms with van der Waals surface area (Å²) in [5.41, 5.74) is 14.7. The van der Waals surface area contributed by atoms with E-state index in [1.165, 1.54) is 38.2 Å². The van der Waals surface area contributed by atoms with Crippen LogP contribution < -0.4 is 14.2 Å². The second-order valence-corrected chi connectivity index (χ2v) is 29.3. The SMILES string of the molecule is CC(O)(c1cccc2ccccc12)c1nccc2cc(CO)ccc12.CC(c1cccc2ccccc12)c1nccc2cc(CO)ccc12.COc1cc(Cc2nccc3cc(CO)ccc23)ccc1C.COc1cc(OCc2nccc3cc(CO)ccc23)ccc1C.OCc1ccc2c(Cc3cccc4ccccc34)nccc2c1. The molecule has 0 fully saturated rings. The Morgan fingerprint density at radius 1 is 0.333 bits per heavy atom. The molecule has 14 heteroatoms. The lowest BCUT2D eigenvalue weighted by atomic mass is 9.86. The van der Waals surface area contributed by atoms with Crippen LogP contribution >= 0.6 is 0 Å². The maximum atomic E-state index is 11.5. The number of hydrogen-bond acceptors (Lipinski definition) is 14. The molecule has 0 aliphatic rings. The number of aliphatic hydroxyl groups excluding tert-OH is 5. The number of ether oxygens (including phenoxy) is 3. The van der Waals surface area contributed by atoms with E-state index in [9.17, 15) is 30.6 Å². The Kier molecular flexibility index (Phi) is 25.7. The van der Waals surface area contributed by atoms with Crippen LogP contribution in [0.4, 0.5) is 0 Å². The van der Waals surface area contributed by atoms with Crippen LogP contribution in [0.5, 0.6) is 17.2 Å². The minimum absolute atomic E-state index is 0.00664. The third-order valence-corrected chi connectivity index (χ3v) is 21.6. The average Bonchev–Trinajstić information content (AvgIpc) is 0.763. The standard InChI is InChI=1S/C22H19NO2.C22H19NO.C21H17NO.C19H19NO3.C19H19NO2/c1-22(25,20-8-4-6-16-5-2-3-7-18(16)20)21-19-10-9-15(14-24)13-17(19)11-12-23-21;1-15(19-8-4-6-17-5-2-3-7-20(17)19)22-21-10-9-16(14-24)13-18(21)11-12-23-22;23-14-15-8-9-20-18(12-15)10-11-22-21(20)13-17-6-3-5-16-4-1-2-7-19(16)17;1-13-3-5-16(10-19(13)22-2)23-12-18-17-6-4-14(11-21)9-15(17)7-8-20-18;1-13-3-4-14(11-19(13)22-2)10-18-17-6-5-15(12-21)9-16(17)7-8-20-18/h2-13,24-25H,14H2,1H3;2-13,15,24H,14H2,1H3;1-12,23H,13-14H2;3-10,21H,11-12H2,1-2H3;3-9,11,21H,10,12H2,1-2H3. The van der Waals surface area contributed by atoms with E-state index in [4.69, 9.17) is 14.2 Å². The van der Waals surface area contributed by atoms with E-state index >= 15 is 0 Å². The van der Waals surface area contributed by atoms with Gasteiger partial charge in [0.1, 0.15) is 29.5 Å². The Labute approximate surface area is 680 Å². The third kappa shape index (κ3) is 18.5. The Morgan fingerprint density at radius 3 is 1.29 bits per heavy atom. The summed E-state index contributed by atoms with van der Waals surface area (Å²) in [6.45, 7) is 8.62. The average molecular weight is 1540 g/mol. The molecule has 14 nitrogen and oxygen atoms in total. The number of aliphatic hydroxyl groups is 6. The molecule has 0 saturated carbocycles. The molecule has 18 aromatic rings. The van der Waals surface area contributed by atoms with Crippen LogP contribution in [0.15, 0.2) is 316 Å². The number of aryl methyl sites for hydroxylation is 2. The van der Waals surface area contributed by atoms with Gasteiger partial charge in [0.15, 0.2) is 0 Å². The van der Waals surface area contributed by atoms with E-state index in [-0.39, 0.29) is 39.0 Å². The van der Waals surface area contributed by atoms with Gasteiger partial charge < -0.3 is 44.8 Å². The zero-order valence-corrected chi connectivity index (χ0v) is 66.4. The Balaban J connectivity index is 0.000000120. The van der Waals surface area contributed by atoms with Crippen molar-refractivity contribution in [3.05, 3.63) is 406 Å². The van der Waals surface area contributed by atoms with Gasteiger partial charge in [0.25, 0.3) is 0 Å². The van der Waals surface area contributed by atoms with Gasteiger partial charge in [0.05, 0.1) is 75.7 Å². The van der Waals surface area contributed by atoms with Crippen LogP contribution in [-0.4, -0.2) is 69.8 Å². The minimum Gasteiger partial charge on any atom is -0.496 e. The van der Waals surface area contributed by atoms with E-state index in [1.54, 1.807) is 33.5 Å². The fraction of sp³-hybridized carbons (Fsp3) is 0.155. The third-order valence-electron chi connectivity index (χ3n) is 21.6. The molecule has 2 atom stereocenters. The van der Waals surface area contributed by atoms with Crippen molar-refractivity contribution in [2.45, 2.75) is 91.7 Å². The van der Waals surface area contributed by atoms with Gasteiger partial charge in [0.2, 0.25) is 0 Å². The van der Waals surface area contributed by atoms with Gasteiger partial charge in [-0.25, -0.2) is 0 Å². The molecule has 117 heavy (non-hydrogen) atoms. The van der Waals surface area contributed by atoms with Crippen LogP contribution in [0.3, 0.4) is 0 Å². The highest BCUT2D eigenvalue weighted by molar-refractivity contribution is 5.93. The summed E-state index contributed by atoms with van der Waals surface area (Å²) in [5, 5.41) is 75.8. The number of benzene rings is 13. The number of pyridine rings is 5. The summed E-state index contributed by atoms with van der Waals surface area (Å²) >= 11 is 0. The lowest BCUT2D eigenvalue weighted by molar-refractivity contribution is 0.101. The molecule has 0 saturated heterocycles. The maximum absolute atomic E-state index is 11.5. The highest BCUT2D eigenvalue weighted by Crippen LogP contribution is 2.39. The molecule has 13 aromatic carbocycles. The van der Waals surface area contributed by atoms with Crippen molar-refractivity contribution in [3.8, 4) is 17.2 Å². The topological polar surface area (TPSA) is 214 Å². The number of fused-ring (bicyclic) bond motifs is 8. The van der Waals surface area contributed by atoms with E-state index in [1.807, 2.05) is 202 Å². The van der Waals surface area contributed by atoms with Gasteiger partial charge in [-0.1, -0.05) is 213 Å². The quantitative estimate of drug-likeness (QED) is 0.0472. The molecule has 0 spiro atoms. The first kappa shape index (κ1) is 80.5. The van der Waals surface area contributed by atoms with Gasteiger partial charge in [-0.3, -0.25) is 24.9 Å². The van der Waals surface area contributed by atoms with Crippen LogP contribution in [0.1, 0.15) is 109 Å². The van der Waals surface area contributed by atoms with E-state index in [2.05, 4.69) is 147 Å². The lowest BCUT2D eigenvalue weighted by Gasteiger charge is -2.26. The molecule has 5 heterocycles. The van der Waals surface area contributed by atoms with Crippen molar-refractivity contribution in [2.24, 2.45) is 0 Å². The molecule has 0 radical (unpaired) electrons. The van der Waals surface area contributed by atoms with Gasteiger partial charge in [-0.2, -0.15) is 0 Å². The molecular formula is C103H93N5O9. The summed E-state index contributed by atoms with van der Waals surface area (Å²) in [6, 6.07) is 95.4. The summed E-state index contributed by atoms with van der Waals surface area (Å²) < 4.78 is 16.6. The van der Waals surface area contributed by atoms with Crippen molar-refractivity contribution in [2.75, 3.05) is 14.2 Å². The van der Waals surface area contributed by atoms with Crippen molar-refractivity contribution in [1.82, 2.24) is 24.9 Å². The summed E-state index contributed by atoms with van der Waals surface area (Å²) in [6.07, 6.45) is 10.6. The molecule has 584 valence electrons. The lowest BCUT2D eigenvalue weighted by Crippen LogP contribution is -2.25. The zero-order chi connectivity index (χ0) is 81.4. The largest absolute Gasteiger partial charge is 0.496 e.